The number of hydrogen-bond donors (Lipinski definition) is 1. The Hall–Kier alpha value is -0.750. The molecule has 7 heteroatoms. The first kappa shape index (κ1) is 18.3. The van der Waals surface area contributed by atoms with E-state index >= 15 is 0 Å². The Morgan fingerprint density at radius 1 is 1.29 bits per heavy atom. The first-order valence-corrected chi connectivity index (χ1v) is 7.92. The van der Waals surface area contributed by atoms with E-state index in [1.807, 2.05) is 24.3 Å². The van der Waals surface area contributed by atoms with E-state index in [4.69, 9.17) is 21.8 Å². The molecule has 0 saturated heterocycles. The van der Waals surface area contributed by atoms with Gasteiger partial charge >= 0.3 is 0 Å². The highest BCUT2D eigenvalue weighted by Crippen LogP contribution is 2.26. The van der Waals surface area contributed by atoms with Gasteiger partial charge in [0.25, 0.3) is 5.22 Å². The molecule has 0 fully saturated rings. The summed E-state index contributed by atoms with van der Waals surface area (Å²) in [4.78, 5) is 0. The Balaban J connectivity index is 0.00000220. The summed E-state index contributed by atoms with van der Waals surface area (Å²) in [5.41, 5.74) is 7.22. The Labute approximate surface area is 140 Å². The van der Waals surface area contributed by atoms with Crippen LogP contribution in [0.5, 0.6) is 0 Å². The monoisotopic (exact) mass is 347 g/mol. The van der Waals surface area contributed by atoms with Gasteiger partial charge in [0.1, 0.15) is 0 Å². The number of hydrogen-bond acceptors (Lipinski definition) is 5. The van der Waals surface area contributed by atoms with Gasteiger partial charge in [-0.2, -0.15) is 0 Å². The van der Waals surface area contributed by atoms with Gasteiger partial charge in [0.2, 0.25) is 5.89 Å². The van der Waals surface area contributed by atoms with Crippen LogP contribution in [0, 0.1) is 5.92 Å². The van der Waals surface area contributed by atoms with E-state index in [1.165, 1.54) is 11.8 Å². The summed E-state index contributed by atoms with van der Waals surface area (Å²) in [6.45, 7) is 4.17. The van der Waals surface area contributed by atoms with Crippen molar-refractivity contribution in [2.24, 2.45) is 11.7 Å². The molecule has 2 N–H and O–H groups in total. The van der Waals surface area contributed by atoms with E-state index in [2.05, 4.69) is 24.0 Å². The van der Waals surface area contributed by atoms with Crippen LogP contribution >= 0.6 is 35.8 Å². The molecule has 0 aliphatic rings. The van der Waals surface area contributed by atoms with Gasteiger partial charge in [-0.15, -0.1) is 22.6 Å². The summed E-state index contributed by atoms with van der Waals surface area (Å²) < 4.78 is 5.60. The summed E-state index contributed by atoms with van der Waals surface area (Å²) in [5.74, 6) is 1.60. The van der Waals surface area contributed by atoms with Gasteiger partial charge in [-0.05, 0) is 23.6 Å². The van der Waals surface area contributed by atoms with Crippen molar-refractivity contribution in [3.63, 3.8) is 0 Å². The predicted octanol–water partition coefficient (Wildman–Crippen LogP) is 4.48. The maximum atomic E-state index is 6.07. The van der Waals surface area contributed by atoms with Gasteiger partial charge in [0.15, 0.2) is 0 Å². The first-order chi connectivity index (χ1) is 9.60. The molecule has 0 bridgehead atoms. The fourth-order valence-corrected chi connectivity index (χ4v) is 2.49. The van der Waals surface area contributed by atoms with Gasteiger partial charge < -0.3 is 10.2 Å². The number of benzene rings is 1. The molecular formula is C14H19Cl2N3OS. The largest absolute Gasteiger partial charge is 0.414 e. The van der Waals surface area contributed by atoms with E-state index in [9.17, 15) is 0 Å². The number of aromatic nitrogens is 2. The summed E-state index contributed by atoms with van der Waals surface area (Å²) >= 11 is 7.35. The second kappa shape index (κ2) is 8.63. The molecule has 1 heterocycles. The maximum Gasteiger partial charge on any atom is 0.276 e. The maximum absolute atomic E-state index is 6.07. The predicted molar refractivity (Wildman–Crippen MR) is 88.9 cm³/mol. The van der Waals surface area contributed by atoms with Crippen molar-refractivity contribution in [2.45, 2.75) is 37.3 Å². The second-order valence-electron chi connectivity index (χ2n) is 4.73. The quantitative estimate of drug-likeness (QED) is 0.780. The van der Waals surface area contributed by atoms with Crippen molar-refractivity contribution < 1.29 is 4.42 Å². The van der Waals surface area contributed by atoms with Crippen molar-refractivity contribution in [2.75, 3.05) is 0 Å². The zero-order valence-electron chi connectivity index (χ0n) is 12.0. The molecule has 21 heavy (non-hydrogen) atoms. The lowest BCUT2D eigenvalue weighted by Crippen LogP contribution is -2.18. The van der Waals surface area contributed by atoms with Crippen LogP contribution < -0.4 is 5.73 Å². The number of nitrogens with two attached hydrogens (primary N) is 1. The Morgan fingerprint density at radius 3 is 2.57 bits per heavy atom. The van der Waals surface area contributed by atoms with Crippen LogP contribution in [-0.4, -0.2) is 10.2 Å². The minimum Gasteiger partial charge on any atom is -0.414 e. The lowest BCUT2D eigenvalue weighted by atomic mass is 10.0. The van der Waals surface area contributed by atoms with Crippen LogP contribution in [-0.2, 0) is 5.75 Å². The van der Waals surface area contributed by atoms with E-state index in [0.29, 0.717) is 17.0 Å². The SMILES string of the molecule is CCC(C)C(N)c1nnc(SCc2ccc(Cl)cc2)o1.Cl. The van der Waals surface area contributed by atoms with Crippen molar-refractivity contribution in [1.82, 2.24) is 10.2 Å². The molecule has 0 aliphatic heterocycles. The highest BCUT2D eigenvalue weighted by Gasteiger charge is 2.19. The van der Waals surface area contributed by atoms with Gasteiger partial charge in [0.05, 0.1) is 6.04 Å². The molecule has 2 atom stereocenters. The minimum atomic E-state index is -0.197. The highest BCUT2D eigenvalue weighted by atomic mass is 35.5. The van der Waals surface area contributed by atoms with Gasteiger partial charge in [0, 0.05) is 10.8 Å². The van der Waals surface area contributed by atoms with Crippen LogP contribution in [0.15, 0.2) is 33.9 Å². The van der Waals surface area contributed by atoms with Crippen LogP contribution in [0.3, 0.4) is 0 Å². The third kappa shape index (κ3) is 5.18. The average Bonchev–Trinajstić information content (AvgIpc) is 2.94. The number of halogens is 2. The third-order valence-electron chi connectivity index (χ3n) is 3.24. The topological polar surface area (TPSA) is 64.9 Å². The van der Waals surface area contributed by atoms with Crippen LogP contribution in [0.2, 0.25) is 5.02 Å². The highest BCUT2D eigenvalue weighted by molar-refractivity contribution is 7.98. The van der Waals surface area contributed by atoms with Crippen LogP contribution in [0.25, 0.3) is 0 Å². The molecule has 0 aliphatic carbocycles. The number of nitrogens with zero attached hydrogens (tertiary/aromatic N) is 2. The number of rotatable bonds is 6. The average molecular weight is 348 g/mol. The molecule has 2 unspecified atom stereocenters. The van der Waals surface area contributed by atoms with Gasteiger partial charge in [-0.25, -0.2) is 0 Å². The van der Waals surface area contributed by atoms with Crippen molar-refractivity contribution in [1.29, 1.82) is 0 Å². The standard InChI is InChI=1S/C14H18ClN3OS.ClH/c1-3-9(2)12(16)13-17-18-14(19-13)20-8-10-4-6-11(15)7-5-10;/h4-7,9,12H,3,8,16H2,1-2H3;1H. The second-order valence-corrected chi connectivity index (χ2v) is 6.10. The molecule has 2 rings (SSSR count). The molecule has 116 valence electrons. The summed E-state index contributed by atoms with van der Waals surface area (Å²) in [6, 6.07) is 7.51. The third-order valence-corrected chi connectivity index (χ3v) is 4.38. The molecule has 0 radical (unpaired) electrons. The van der Waals surface area contributed by atoms with Gasteiger partial charge in [-0.3, -0.25) is 0 Å². The first-order valence-electron chi connectivity index (χ1n) is 6.56. The van der Waals surface area contributed by atoms with E-state index in [1.54, 1.807) is 0 Å². The molecule has 2 aromatic rings. The molecule has 0 spiro atoms. The zero-order valence-corrected chi connectivity index (χ0v) is 14.3. The molecule has 1 aromatic carbocycles. The fourth-order valence-electron chi connectivity index (χ4n) is 1.64. The number of thioether (sulfide) groups is 1. The zero-order chi connectivity index (χ0) is 14.5. The molecule has 0 saturated carbocycles. The molecule has 0 amide bonds. The van der Waals surface area contributed by atoms with Crippen molar-refractivity contribution in [3.05, 3.63) is 40.7 Å². The van der Waals surface area contributed by atoms with E-state index in [0.717, 1.165) is 22.8 Å². The summed E-state index contributed by atoms with van der Waals surface area (Å²) in [5, 5.41) is 9.34. The summed E-state index contributed by atoms with van der Waals surface area (Å²) in [6.07, 6.45) is 0.983. The van der Waals surface area contributed by atoms with Crippen LogP contribution in [0.4, 0.5) is 0 Å². The lowest BCUT2D eigenvalue weighted by molar-refractivity contribution is 0.333. The lowest BCUT2D eigenvalue weighted by Gasteiger charge is -2.13. The Morgan fingerprint density at radius 2 is 1.95 bits per heavy atom. The smallest absolute Gasteiger partial charge is 0.276 e. The summed E-state index contributed by atoms with van der Waals surface area (Å²) in [7, 11) is 0. The fraction of sp³-hybridized carbons (Fsp3) is 0.429. The Kier molecular flexibility index (Phi) is 7.52. The van der Waals surface area contributed by atoms with Crippen molar-refractivity contribution in [3.8, 4) is 0 Å². The van der Waals surface area contributed by atoms with E-state index < -0.39 is 0 Å². The van der Waals surface area contributed by atoms with E-state index in [-0.39, 0.29) is 18.4 Å². The minimum absolute atomic E-state index is 0. The van der Waals surface area contributed by atoms with Crippen LogP contribution in [0.1, 0.15) is 37.8 Å². The molecule has 4 nitrogen and oxygen atoms in total. The molecular weight excluding hydrogens is 329 g/mol. The van der Waals surface area contributed by atoms with Gasteiger partial charge in [-0.1, -0.05) is 55.8 Å². The Bertz CT molecular complexity index is 547. The van der Waals surface area contributed by atoms with Crippen molar-refractivity contribution >= 4 is 35.8 Å². The molecule has 1 aromatic heterocycles. The normalized spacial score (nSPS) is 13.5.